The summed E-state index contributed by atoms with van der Waals surface area (Å²) < 4.78 is 4.51. The maximum atomic E-state index is 10.8. The van der Waals surface area contributed by atoms with Crippen LogP contribution in [0, 0.1) is 0 Å². The van der Waals surface area contributed by atoms with E-state index in [4.69, 9.17) is 0 Å². The van der Waals surface area contributed by atoms with Gasteiger partial charge in [0.05, 0.1) is 13.5 Å². The third kappa shape index (κ3) is 6.28. The first kappa shape index (κ1) is 12.7. The van der Waals surface area contributed by atoms with Gasteiger partial charge in [0, 0.05) is 19.6 Å². The highest BCUT2D eigenvalue weighted by atomic mass is 16.5. The van der Waals surface area contributed by atoms with Crippen LogP contribution in [0.3, 0.4) is 0 Å². The van der Waals surface area contributed by atoms with Crippen molar-refractivity contribution in [1.82, 2.24) is 10.6 Å². The number of carbonyl (C=O) groups is 1. The summed E-state index contributed by atoms with van der Waals surface area (Å²) in [6.07, 6.45) is 0.343. The number of methoxy groups -OCH3 is 1. The number of carbonyl (C=O) groups excluding carboxylic acids is 1. The Morgan fingerprint density at radius 2 is 2.14 bits per heavy atom. The van der Waals surface area contributed by atoms with Gasteiger partial charge in [-0.15, -0.1) is 0 Å². The lowest BCUT2D eigenvalue weighted by molar-refractivity contribution is -0.140. The van der Waals surface area contributed by atoms with Crippen molar-refractivity contribution in [2.75, 3.05) is 20.7 Å². The van der Waals surface area contributed by atoms with Gasteiger partial charge >= 0.3 is 5.97 Å². The summed E-state index contributed by atoms with van der Waals surface area (Å²) in [5.74, 6) is 0.474. The van der Waals surface area contributed by atoms with Gasteiger partial charge in [0.1, 0.15) is 0 Å². The summed E-state index contributed by atoms with van der Waals surface area (Å²) in [5, 5.41) is 6.11. The molecule has 5 nitrogen and oxygen atoms in total. The van der Waals surface area contributed by atoms with Crippen LogP contribution in [0.15, 0.2) is 4.99 Å². The van der Waals surface area contributed by atoms with Crippen LogP contribution in [0.5, 0.6) is 0 Å². The standard InChI is InChI=1S/C9H19N3O2/c1-7(2)12-9(10-3)11-6-5-8(13)14-4/h7H,5-6H2,1-4H3,(H2,10,11,12). The minimum absolute atomic E-state index is 0.225. The molecule has 5 heteroatoms. The fourth-order valence-corrected chi connectivity index (χ4v) is 0.853. The monoisotopic (exact) mass is 201 g/mol. The molecule has 0 aliphatic rings. The lowest BCUT2D eigenvalue weighted by Crippen LogP contribution is -2.41. The zero-order valence-corrected chi connectivity index (χ0v) is 9.26. The third-order valence-electron chi connectivity index (χ3n) is 1.50. The Morgan fingerprint density at radius 3 is 2.57 bits per heavy atom. The smallest absolute Gasteiger partial charge is 0.307 e. The molecule has 0 radical (unpaired) electrons. The molecule has 0 atom stereocenters. The van der Waals surface area contributed by atoms with E-state index in [1.54, 1.807) is 7.05 Å². The third-order valence-corrected chi connectivity index (χ3v) is 1.50. The normalized spacial score (nSPS) is 11.4. The molecule has 0 aromatic carbocycles. The topological polar surface area (TPSA) is 62.7 Å². The van der Waals surface area contributed by atoms with E-state index in [1.165, 1.54) is 7.11 Å². The number of hydrogen-bond donors (Lipinski definition) is 2. The molecule has 0 saturated carbocycles. The Kier molecular flexibility index (Phi) is 6.53. The van der Waals surface area contributed by atoms with Crippen molar-refractivity contribution in [2.24, 2.45) is 4.99 Å². The van der Waals surface area contributed by atoms with Gasteiger partial charge in [-0.05, 0) is 13.8 Å². The maximum Gasteiger partial charge on any atom is 0.307 e. The van der Waals surface area contributed by atoms with Gasteiger partial charge in [-0.25, -0.2) is 0 Å². The molecule has 0 spiro atoms. The second kappa shape index (κ2) is 7.17. The molecule has 0 unspecified atom stereocenters. The number of hydrogen-bond acceptors (Lipinski definition) is 3. The number of ether oxygens (including phenoxy) is 1. The number of esters is 1. The van der Waals surface area contributed by atoms with Crippen molar-refractivity contribution in [1.29, 1.82) is 0 Å². The van der Waals surface area contributed by atoms with Crippen LogP contribution in [0.4, 0.5) is 0 Å². The molecule has 14 heavy (non-hydrogen) atoms. The van der Waals surface area contributed by atoms with Crippen molar-refractivity contribution < 1.29 is 9.53 Å². The summed E-state index contributed by atoms with van der Waals surface area (Å²) >= 11 is 0. The molecule has 0 aliphatic carbocycles. The number of nitrogens with one attached hydrogen (secondary N) is 2. The average molecular weight is 201 g/mol. The van der Waals surface area contributed by atoms with Gasteiger partial charge < -0.3 is 15.4 Å². The second-order valence-corrected chi connectivity index (χ2v) is 3.12. The summed E-state index contributed by atoms with van der Waals surface area (Å²) in [5.41, 5.74) is 0. The Hall–Kier alpha value is -1.26. The minimum atomic E-state index is -0.225. The van der Waals surface area contributed by atoms with Crippen LogP contribution < -0.4 is 10.6 Å². The molecule has 0 fully saturated rings. The molecule has 2 N–H and O–H groups in total. The zero-order valence-electron chi connectivity index (χ0n) is 9.26. The molecular weight excluding hydrogens is 182 g/mol. The van der Waals surface area contributed by atoms with Gasteiger partial charge in [-0.1, -0.05) is 0 Å². The SMILES string of the molecule is CN=C(NCCC(=O)OC)NC(C)C. The second-order valence-electron chi connectivity index (χ2n) is 3.12. The highest BCUT2D eigenvalue weighted by molar-refractivity contribution is 5.80. The fraction of sp³-hybridized carbons (Fsp3) is 0.778. The van der Waals surface area contributed by atoms with Gasteiger partial charge in [0.25, 0.3) is 0 Å². The predicted molar refractivity (Wildman–Crippen MR) is 56.3 cm³/mol. The van der Waals surface area contributed by atoms with E-state index in [0.717, 1.165) is 0 Å². The van der Waals surface area contributed by atoms with Crippen LogP contribution in [0.25, 0.3) is 0 Å². The van der Waals surface area contributed by atoms with Crippen molar-refractivity contribution in [3.05, 3.63) is 0 Å². The molecule has 0 aromatic rings. The quantitative estimate of drug-likeness (QED) is 0.385. The lowest BCUT2D eigenvalue weighted by atomic mass is 10.4. The van der Waals surface area contributed by atoms with Gasteiger partial charge in [-0.2, -0.15) is 0 Å². The van der Waals surface area contributed by atoms with Crippen molar-refractivity contribution in [3.8, 4) is 0 Å². The minimum Gasteiger partial charge on any atom is -0.469 e. The number of rotatable bonds is 4. The largest absolute Gasteiger partial charge is 0.469 e. The van der Waals surface area contributed by atoms with E-state index in [-0.39, 0.29) is 5.97 Å². The summed E-state index contributed by atoms with van der Waals surface area (Å²) in [7, 11) is 3.07. The predicted octanol–water partition coefficient (Wildman–Crippen LogP) is 0.123. The average Bonchev–Trinajstić information content (AvgIpc) is 2.15. The van der Waals surface area contributed by atoms with Crippen LogP contribution in [0.2, 0.25) is 0 Å². The van der Waals surface area contributed by atoms with Crippen molar-refractivity contribution in [2.45, 2.75) is 26.3 Å². The maximum absolute atomic E-state index is 10.8. The molecule has 0 bridgehead atoms. The molecule has 0 rings (SSSR count). The van der Waals surface area contributed by atoms with Crippen molar-refractivity contribution >= 4 is 11.9 Å². The molecular formula is C9H19N3O2. The van der Waals surface area contributed by atoms with Crippen LogP contribution in [-0.4, -0.2) is 38.7 Å². The molecule has 0 amide bonds. The van der Waals surface area contributed by atoms with E-state index < -0.39 is 0 Å². The molecule has 0 aliphatic heterocycles. The first-order valence-electron chi connectivity index (χ1n) is 4.64. The molecule has 0 heterocycles. The molecule has 82 valence electrons. The Labute approximate surface area is 84.9 Å². The molecule has 0 saturated heterocycles. The first-order chi connectivity index (χ1) is 6.60. The zero-order chi connectivity index (χ0) is 11.0. The van der Waals surface area contributed by atoms with Crippen molar-refractivity contribution in [3.63, 3.8) is 0 Å². The summed E-state index contributed by atoms with van der Waals surface area (Å²) in [6, 6.07) is 0.319. The Balaban J connectivity index is 3.69. The summed E-state index contributed by atoms with van der Waals surface area (Å²) in [4.78, 5) is 14.8. The van der Waals surface area contributed by atoms with Gasteiger partial charge in [0.2, 0.25) is 0 Å². The molecule has 0 aromatic heterocycles. The fourth-order valence-electron chi connectivity index (χ4n) is 0.853. The van der Waals surface area contributed by atoms with Crippen LogP contribution in [0.1, 0.15) is 20.3 Å². The van der Waals surface area contributed by atoms with Crippen LogP contribution >= 0.6 is 0 Å². The van der Waals surface area contributed by atoms with E-state index in [0.29, 0.717) is 25.0 Å². The highest BCUT2D eigenvalue weighted by Gasteiger charge is 2.02. The lowest BCUT2D eigenvalue weighted by Gasteiger charge is -2.13. The van der Waals surface area contributed by atoms with Gasteiger partial charge in [-0.3, -0.25) is 9.79 Å². The number of guanidine groups is 1. The summed E-state index contributed by atoms with van der Waals surface area (Å²) in [6.45, 7) is 4.57. The highest BCUT2D eigenvalue weighted by Crippen LogP contribution is 1.82. The van der Waals surface area contributed by atoms with Crippen LogP contribution in [-0.2, 0) is 9.53 Å². The van der Waals surface area contributed by atoms with E-state index in [9.17, 15) is 4.79 Å². The number of aliphatic imine (C=N–C) groups is 1. The Bertz CT molecular complexity index is 202. The number of nitrogens with zero attached hydrogens (tertiary/aromatic N) is 1. The van der Waals surface area contributed by atoms with E-state index >= 15 is 0 Å². The van der Waals surface area contributed by atoms with Gasteiger partial charge in [0.15, 0.2) is 5.96 Å². The van der Waals surface area contributed by atoms with E-state index in [2.05, 4.69) is 20.4 Å². The first-order valence-corrected chi connectivity index (χ1v) is 4.64. The Morgan fingerprint density at radius 1 is 1.50 bits per heavy atom. The van der Waals surface area contributed by atoms with E-state index in [1.807, 2.05) is 13.8 Å².